The van der Waals surface area contributed by atoms with Gasteiger partial charge >= 0.3 is 53.7 Å². The number of esters is 2. The van der Waals surface area contributed by atoms with Crippen molar-refractivity contribution in [3.05, 3.63) is 59.9 Å². The van der Waals surface area contributed by atoms with Crippen LogP contribution in [0.1, 0.15) is 10.4 Å². The zero-order valence-electron chi connectivity index (χ0n) is 18.8. The highest BCUT2D eigenvalue weighted by molar-refractivity contribution is 5.91. The molecule has 0 unspecified atom stereocenters. The molecule has 2 rings (SSSR count). The molecule has 0 saturated heterocycles. The van der Waals surface area contributed by atoms with E-state index in [1.54, 1.807) is 0 Å². The van der Waals surface area contributed by atoms with E-state index in [1.807, 2.05) is 0 Å². The Morgan fingerprint density at radius 2 is 0.902 bits per heavy atom. The van der Waals surface area contributed by atoms with E-state index in [-0.39, 0.29) is 0 Å². The molecule has 0 spiro atoms. The summed E-state index contributed by atoms with van der Waals surface area (Å²) >= 11 is 0. The highest BCUT2D eigenvalue weighted by Crippen LogP contribution is 2.62. The summed E-state index contributed by atoms with van der Waals surface area (Å²) in [5.41, 5.74) is -0.470. The molecule has 0 heterocycles. The maximum atomic E-state index is 14.1. The van der Waals surface area contributed by atoms with Crippen LogP contribution in [0.3, 0.4) is 0 Å². The highest BCUT2D eigenvalue weighted by Gasteiger charge is 2.94. The third-order valence-electron chi connectivity index (χ3n) is 4.92. The van der Waals surface area contributed by atoms with Crippen molar-refractivity contribution in [2.24, 2.45) is 0 Å². The van der Waals surface area contributed by atoms with Gasteiger partial charge in [0.1, 0.15) is 5.82 Å². The van der Waals surface area contributed by atoms with Gasteiger partial charge in [-0.25, -0.2) is 14.0 Å². The number of para-hydroxylation sites is 2. The number of rotatable bonds is 9. The lowest BCUT2D eigenvalue weighted by atomic mass is 9.91. The summed E-state index contributed by atoms with van der Waals surface area (Å²) in [6, 6.07) is 5.59. The molecule has 4 nitrogen and oxygen atoms in total. The van der Waals surface area contributed by atoms with Crippen LogP contribution in [0.25, 0.3) is 0 Å². The minimum Gasteiger partial charge on any atom is -0.419 e. The van der Waals surface area contributed by atoms with Crippen LogP contribution in [0.2, 0.25) is 0 Å². The van der Waals surface area contributed by atoms with Crippen molar-refractivity contribution in [2.45, 2.75) is 41.7 Å². The minimum atomic E-state index is -8.59. The van der Waals surface area contributed by atoms with E-state index in [9.17, 15) is 79.8 Å². The van der Waals surface area contributed by atoms with Gasteiger partial charge in [0.2, 0.25) is 0 Å². The third-order valence-corrected chi connectivity index (χ3v) is 4.92. The van der Waals surface area contributed by atoms with Gasteiger partial charge in [0.05, 0.1) is 5.56 Å². The number of halogens is 16. The Labute approximate surface area is 215 Å². The average molecular weight is 628 g/mol. The van der Waals surface area contributed by atoms with E-state index in [1.165, 1.54) is 0 Å². The molecule has 0 aliphatic heterocycles. The summed E-state index contributed by atoms with van der Waals surface area (Å²) in [7, 11) is 0. The molecule has 0 aromatic heterocycles. The predicted octanol–water partition coefficient (Wildman–Crippen LogP) is 7.32. The van der Waals surface area contributed by atoms with E-state index in [2.05, 4.69) is 9.47 Å². The van der Waals surface area contributed by atoms with Crippen molar-refractivity contribution in [3.63, 3.8) is 0 Å². The number of hydrogen-bond acceptors (Lipinski definition) is 4. The number of carbonyl (C=O) groups is 2. The Morgan fingerprint density at radius 3 is 1.34 bits per heavy atom. The summed E-state index contributed by atoms with van der Waals surface area (Å²) < 4.78 is 221. The smallest absolute Gasteiger partial charge is 0.419 e. The Kier molecular flexibility index (Phi) is 8.38. The first kappa shape index (κ1) is 33.5. The minimum absolute atomic E-state index is 0.351. The molecule has 41 heavy (non-hydrogen) atoms. The average Bonchev–Trinajstić information content (AvgIpc) is 2.84. The van der Waals surface area contributed by atoms with Crippen molar-refractivity contribution in [2.75, 3.05) is 0 Å². The zero-order chi connectivity index (χ0) is 32.0. The SMILES string of the molecule is O=C(Oc1ccccc1OC(=O)C(F)(F)C(F)(F)C(F)(F)C(F)(F)C(F)(F)C(F)(F)C(F)(F)F)c1ccc(F)cc1. The lowest BCUT2D eigenvalue weighted by Gasteiger charge is -2.40. The van der Waals surface area contributed by atoms with Crippen LogP contribution in [0.15, 0.2) is 48.5 Å². The summed E-state index contributed by atoms with van der Waals surface area (Å²) in [6.07, 6.45) is -7.78. The maximum absolute atomic E-state index is 14.1. The molecule has 0 fully saturated rings. The van der Waals surface area contributed by atoms with Crippen LogP contribution in [0.5, 0.6) is 11.5 Å². The summed E-state index contributed by atoms with van der Waals surface area (Å²) in [5.74, 6) is -58.2. The first-order chi connectivity index (χ1) is 18.3. The van der Waals surface area contributed by atoms with E-state index in [0.29, 0.717) is 12.1 Å². The Bertz CT molecular complexity index is 1290. The van der Waals surface area contributed by atoms with Gasteiger partial charge in [0.25, 0.3) is 0 Å². The van der Waals surface area contributed by atoms with E-state index >= 15 is 0 Å². The molecular weight excluding hydrogens is 620 g/mol. The molecule has 2 aromatic carbocycles. The molecule has 228 valence electrons. The van der Waals surface area contributed by atoms with Gasteiger partial charge in [0.15, 0.2) is 11.5 Å². The fourth-order valence-electron chi connectivity index (χ4n) is 2.62. The molecule has 0 atom stereocenters. The summed E-state index contributed by atoms with van der Waals surface area (Å²) in [4.78, 5) is 23.7. The summed E-state index contributed by atoms with van der Waals surface area (Å²) in [5, 5.41) is 0. The van der Waals surface area contributed by atoms with Crippen molar-refractivity contribution in [1.82, 2.24) is 0 Å². The maximum Gasteiger partial charge on any atom is 0.460 e. The quantitative estimate of drug-likeness (QED) is 0.166. The van der Waals surface area contributed by atoms with Gasteiger partial charge in [-0.05, 0) is 36.4 Å². The van der Waals surface area contributed by atoms with Crippen molar-refractivity contribution in [1.29, 1.82) is 0 Å². The highest BCUT2D eigenvalue weighted by atomic mass is 19.4. The summed E-state index contributed by atoms with van der Waals surface area (Å²) in [6.45, 7) is 0. The molecule has 0 amide bonds. The van der Waals surface area contributed by atoms with Gasteiger partial charge in [0, 0.05) is 0 Å². The van der Waals surface area contributed by atoms with Crippen LogP contribution in [-0.4, -0.2) is 53.7 Å². The van der Waals surface area contributed by atoms with E-state index in [0.717, 1.165) is 36.4 Å². The number of benzene rings is 2. The number of alkyl halides is 15. The zero-order valence-corrected chi connectivity index (χ0v) is 18.8. The van der Waals surface area contributed by atoms with Gasteiger partial charge < -0.3 is 9.47 Å². The lowest BCUT2D eigenvalue weighted by Crippen LogP contribution is -2.73. The Balaban J connectivity index is 2.44. The molecule has 0 N–H and O–H groups in total. The number of hydrogen-bond donors (Lipinski definition) is 0. The molecule has 0 radical (unpaired) electrons. The largest absolute Gasteiger partial charge is 0.460 e. The van der Waals surface area contributed by atoms with Crippen LogP contribution in [0.4, 0.5) is 70.2 Å². The van der Waals surface area contributed by atoms with Crippen molar-refractivity contribution >= 4 is 11.9 Å². The first-order valence-corrected chi connectivity index (χ1v) is 9.90. The normalized spacial score (nSPS) is 14.0. The molecule has 0 aliphatic carbocycles. The fraction of sp³-hybridized carbons (Fsp3) is 0.333. The number of carbonyl (C=O) groups excluding carboxylic acids is 2. The standard InChI is InChI=1S/C21H8F16O4/c22-10-7-5-9(6-8-10)13(38)40-11-3-1-2-4-12(11)41-14(39)15(23,24)16(25,26)17(27,28)18(29,30)19(31,32)20(33,34)21(35,36)37/h1-8H. The Hall–Kier alpha value is -3.74. The van der Waals surface area contributed by atoms with Crippen LogP contribution in [-0.2, 0) is 4.79 Å². The lowest BCUT2D eigenvalue weighted by molar-refractivity contribution is -0.450. The Morgan fingerprint density at radius 1 is 0.512 bits per heavy atom. The molecular formula is C21H8F16O4. The van der Waals surface area contributed by atoms with Crippen molar-refractivity contribution in [3.8, 4) is 11.5 Å². The van der Waals surface area contributed by atoms with E-state index < -0.39 is 76.5 Å². The topological polar surface area (TPSA) is 52.6 Å². The van der Waals surface area contributed by atoms with Gasteiger partial charge in [-0.1, -0.05) is 12.1 Å². The van der Waals surface area contributed by atoms with Gasteiger partial charge in [-0.15, -0.1) is 0 Å². The molecule has 0 bridgehead atoms. The van der Waals surface area contributed by atoms with Gasteiger partial charge in [-0.2, -0.15) is 65.9 Å². The number of ether oxygens (including phenoxy) is 2. The molecule has 2 aromatic rings. The van der Waals surface area contributed by atoms with Gasteiger partial charge in [-0.3, -0.25) is 0 Å². The molecule has 0 saturated carbocycles. The van der Waals surface area contributed by atoms with Crippen LogP contribution in [0, 0.1) is 5.82 Å². The van der Waals surface area contributed by atoms with E-state index in [4.69, 9.17) is 0 Å². The predicted molar refractivity (Wildman–Crippen MR) is 99.2 cm³/mol. The van der Waals surface area contributed by atoms with Crippen LogP contribution < -0.4 is 9.47 Å². The van der Waals surface area contributed by atoms with Crippen molar-refractivity contribution < 1.29 is 89.3 Å². The first-order valence-electron chi connectivity index (χ1n) is 9.90. The molecule has 0 aliphatic rings. The molecule has 20 heteroatoms. The second kappa shape index (κ2) is 10.3. The third kappa shape index (κ3) is 5.34. The monoisotopic (exact) mass is 628 g/mol. The fourth-order valence-corrected chi connectivity index (χ4v) is 2.62. The second-order valence-corrected chi connectivity index (χ2v) is 7.68. The second-order valence-electron chi connectivity index (χ2n) is 7.68. The van der Waals surface area contributed by atoms with Crippen LogP contribution >= 0.6 is 0 Å².